The van der Waals surface area contributed by atoms with Gasteiger partial charge >= 0.3 is 0 Å². The van der Waals surface area contributed by atoms with Crippen LogP contribution in [0.25, 0.3) is 0 Å². The van der Waals surface area contributed by atoms with Gasteiger partial charge in [0.1, 0.15) is 0 Å². The van der Waals surface area contributed by atoms with Gasteiger partial charge in [-0.2, -0.15) is 0 Å². The Bertz CT molecular complexity index is 416. The number of aromatic nitrogens is 1. The number of anilines is 1. The summed E-state index contributed by atoms with van der Waals surface area (Å²) >= 11 is 0. The van der Waals surface area contributed by atoms with E-state index in [9.17, 15) is 5.11 Å². The number of nitrogens with one attached hydrogen (secondary N) is 1. The van der Waals surface area contributed by atoms with Crippen LogP contribution in [0.15, 0.2) is 54.9 Å². The minimum atomic E-state index is -0.115. The molecular formula is C13H14N2O. The Labute approximate surface area is 94.8 Å². The zero-order valence-corrected chi connectivity index (χ0v) is 8.88. The van der Waals surface area contributed by atoms with Crippen LogP contribution in [0.3, 0.4) is 0 Å². The van der Waals surface area contributed by atoms with Crippen molar-refractivity contribution in [3.8, 4) is 0 Å². The highest BCUT2D eigenvalue weighted by molar-refractivity contribution is 5.44. The molecule has 82 valence electrons. The van der Waals surface area contributed by atoms with Crippen LogP contribution in [0.4, 0.5) is 5.69 Å². The molecule has 1 unspecified atom stereocenters. The smallest absolute Gasteiger partial charge is 0.0759 e. The number of rotatable bonds is 4. The standard InChI is InChI=1S/C13H14N2O/c16-10-13(11-5-4-8-14-9-11)15-12-6-2-1-3-7-12/h1-9,13,15-16H,10H2. The maximum Gasteiger partial charge on any atom is 0.0759 e. The normalized spacial score (nSPS) is 12.1. The molecule has 0 aliphatic rings. The summed E-state index contributed by atoms with van der Waals surface area (Å²) in [6.45, 7) is 0.0422. The van der Waals surface area contributed by atoms with E-state index in [4.69, 9.17) is 0 Å². The average Bonchev–Trinajstić information content (AvgIpc) is 2.38. The number of aliphatic hydroxyl groups is 1. The molecule has 0 radical (unpaired) electrons. The van der Waals surface area contributed by atoms with Crippen LogP contribution in [-0.2, 0) is 0 Å². The molecule has 1 aromatic heterocycles. The van der Waals surface area contributed by atoms with Crippen molar-refractivity contribution < 1.29 is 5.11 Å². The molecule has 16 heavy (non-hydrogen) atoms. The maximum atomic E-state index is 9.35. The van der Waals surface area contributed by atoms with E-state index in [1.807, 2.05) is 42.5 Å². The van der Waals surface area contributed by atoms with Gasteiger partial charge in [0.2, 0.25) is 0 Å². The fraction of sp³-hybridized carbons (Fsp3) is 0.154. The van der Waals surface area contributed by atoms with Crippen molar-refractivity contribution in [1.82, 2.24) is 4.98 Å². The first-order valence-corrected chi connectivity index (χ1v) is 5.22. The van der Waals surface area contributed by atoms with Crippen LogP contribution >= 0.6 is 0 Å². The second-order valence-corrected chi connectivity index (χ2v) is 3.53. The molecule has 3 heteroatoms. The lowest BCUT2D eigenvalue weighted by Crippen LogP contribution is -2.14. The molecule has 1 heterocycles. The minimum Gasteiger partial charge on any atom is -0.394 e. The third-order valence-electron chi connectivity index (χ3n) is 2.38. The topological polar surface area (TPSA) is 45.1 Å². The zero-order valence-electron chi connectivity index (χ0n) is 8.88. The molecular weight excluding hydrogens is 200 g/mol. The largest absolute Gasteiger partial charge is 0.394 e. The van der Waals surface area contributed by atoms with Crippen molar-refractivity contribution in [2.24, 2.45) is 0 Å². The molecule has 2 N–H and O–H groups in total. The molecule has 1 aromatic carbocycles. The Hall–Kier alpha value is -1.87. The lowest BCUT2D eigenvalue weighted by molar-refractivity contribution is 0.276. The summed E-state index contributed by atoms with van der Waals surface area (Å²) in [6, 6.07) is 13.5. The summed E-state index contributed by atoms with van der Waals surface area (Å²) in [5, 5.41) is 12.6. The first-order chi connectivity index (χ1) is 7.90. The Morgan fingerprint density at radius 3 is 2.56 bits per heavy atom. The Balaban J connectivity index is 2.13. The zero-order chi connectivity index (χ0) is 11.2. The van der Waals surface area contributed by atoms with Crippen LogP contribution in [-0.4, -0.2) is 16.7 Å². The highest BCUT2D eigenvalue weighted by Gasteiger charge is 2.09. The summed E-state index contributed by atoms with van der Waals surface area (Å²) in [7, 11) is 0. The van der Waals surface area contributed by atoms with E-state index in [1.54, 1.807) is 12.4 Å². The predicted octanol–water partition coefficient (Wildman–Crippen LogP) is 2.23. The van der Waals surface area contributed by atoms with Gasteiger partial charge in [0.25, 0.3) is 0 Å². The number of para-hydroxylation sites is 1. The van der Waals surface area contributed by atoms with Gasteiger partial charge in [-0.05, 0) is 23.8 Å². The van der Waals surface area contributed by atoms with Gasteiger partial charge in [0.05, 0.1) is 12.6 Å². The summed E-state index contributed by atoms with van der Waals surface area (Å²) in [5.74, 6) is 0. The molecule has 0 fully saturated rings. The summed E-state index contributed by atoms with van der Waals surface area (Å²) in [5.41, 5.74) is 1.97. The fourth-order valence-electron chi connectivity index (χ4n) is 1.55. The molecule has 2 aromatic rings. The Kier molecular flexibility index (Phi) is 3.51. The van der Waals surface area contributed by atoms with Crippen LogP contribution < -0.4 is 5.32 Å². The van der Waals surface area contributed by atoms with Crippen molar-refractivity contribution in [2.45, 2.75) is 6.04 Å². The van der Waals surface area contributed by atoms with Gasteiger partial charge in [-0.3, -0.25) is 4.98 Å². The second-order valence-electron chi connectivity index (χ2n) is 3.53. The highest BCUT2D eigenvalue weighted by Crippen LogP contribution is 2.17. The number of nitrogens with zero attached hydrogens (tertiary/aromatic N) is 1. The Morgan fingerprint density at radius 1 is 1.12 bits per heavy atom. The summed E-state index contributed by atoms with van der Waals surface area (Å²) in [6.07, 6.45) is 3.48. The van der Waals surface area contributed by atoms with Crippen molar-refractivity contribution in [3.05, 3.63) is 60.4 Å². The minimum absolute atomic E-state index is 0.0422. The van der Waals surface area contributed by atoms with E-state index in [0.29, 0.717) is 0 Å². The van der Waals surface area contributed by atoms with E-state index < -0.39 is 0 Å². The molecule has 2 rings (SSSR count). The van der Waals surface area contributed by atoms with Crippen LogP contribution in [0.5, 0.6) is 0 Å². The van der Waals surface area contributed by atoms with E-state index in [1.165, 1.54) is 0 Å². The van der Waals surface area contributed by atoms with Gasteiger partial charge in [0, 0.05) is 18.1 Å². The quantitative estimate of drug-likeness (QED) is 0.820. The maximum absolute atomic E-state index is 9.35. The fourth-order valence-corrected chi connectivity index (χ4v) is 1.55. The number of benzene rings is 1. The number of aliphatic hydroxyl groups excluding tert-OH is 1. The van der Waals surface area contributed by atoms with Crippen molar-refractivity contribution in [2.75, 3.05) is 11.9 Å². The second kappa shape index (κ2) is 5.28. The molecule has 0 bridgehead atoms. The average molecular weight is 214 g/mol. The van der Waals surface area contributed by atoms with E-state index >= 15 is 0 Å². The Morgan fingerprint density at radius 2 is 1.94 bits per heavy atom. The number of pyridine rings is 1. The lowest BCUT2D eigenvalue weighted by atomic mass is 10.1. The van der Waals surface area contributed by atoms with E-state index in [0.717, 1.165) is 11.3 Å². The van der Waals surface area contributed by atoms with Gasteiger partial charge in [-0.25, -0.2) is 0 Å². The van der Waals surface area contributed by atoms with E-state index in [-0.39, 0.29) is 12.6 Å². The SMILES string of the molecule is OCC(Nc1ccccc1)c1cccnc1. The molecule has 0 saturated heterocycles. The summed E-state index contributed by atoms with van der Waals surface area (Å²) in [4.78, 5) is 4.04. The van der Waals surface area contributed by atoms with Gasteiger partial charge in [0.15, 0.2) is 0 Å². The van der Waals surface area contributed by atoms with Crippen LogP contribution in [0, 0.1) is 0 Å². The van der Waals surface area contributed by atoms with Gasteiger partial charge < -0.3 is 10.4 Å². The summed E-state index contributed by atoms with van der Waals surface area (Å²) < 4.78 is 0. The molecule has 0 saturated carbocycles. The number of hydrogen-bond acceptors (Lipinski definition) is 3. The van der Waals surface area contributed by atoms with Crippen molar-refractivity contribution in [3.63, 3.8) is 0 Å². The van der Waals surface area contributed by atoms with Gasteiger partial charge in [-0.15, -0.1) is 0 Å². The van der Waals surface area contributed by atoms with Crippen molar-refractivity contribution >= 4 is 5.69 Å². The first-order valence-electron chi connectivity index (χ1n) is 5.22. The molecule has 0 spiro atoms. The van der Waals surface area contributed by atoms with Crippen LogP contribution in [0.2, 0.25) is 0 Å². The number of hydrogen-bond donors (Lipinski definition) is 2. The van der Waals surface area contributed by atoms with Gasteiger partial charge in [-0.1, -0.05) is 24.3 Å². The molecule has 0 aliphatic heterocycles. The third kappa shape index (κ3) is 2.58. The molecule has 0 aliphatic carbocycles. The molecule has 3 nitrogen and oxygen atoms in total. The van der Waals surface area contributed by atoms with Crippen LogP contribution in [0.1, 0.15) is 11.6 Å². The molecule has 0 amide bonds. The first kappa shape index (κ1) is 10.6. The van der Waals surface area contributed by atoms with Crippen molar-refractivity contribution in [1.29, 1.82) is 0 Å². The monoisotopic (exact) mass is 214 g/mol. The third-order valence-corrected chi connectivity index (χ3v) is 2.38. The van der Waals surface area contributed by atoms with E-state index in [2.05, 4.69) is 10.3 Å². The highest BCUT2D eigenvalue weighted by atomic mass is 16.3. The lowest BCUT2D eigenvalue weighted by Gasteiger charge is -2.17. The predicted molar refractivity (Wildman–Crippen MR) is 64.1 cm³/mol. The molecule has 1 atom stereocenters.